The first-order valence-electron chi connectivity index (χ1n) is 9.32. The first-order valence-corrected chi connectivity index (χ1v) is 10.8. The maximum Gasteiger partial charge on any atom is 0.338 e. The highest BCUT2D eigenvalue weighted by atomic mass is 32.2. The van der Waals surface area contributed by atoms with Gasteiger partial charge in [-0.1, -0.05) is 25.1 Å². The molecular formula is C21H23NO5S. The molecule has 0 heterocycles. The van der Waals surface area contributed by atoms with E-state index < -0.39 is 16.0 Å². The maximum absolute atomic E-state index is 12.4. The summed E-state index contributed by atoms with van der Waals surface area (Å²) >= 11 is 0. The van der Waals surface area contributed by atoms with Crippen LogP contribution in [0.2, 0.25) is 0 Å². The number of hydrogen-bond acceptors (Lipinski definition) is 5. The third-order valence-electron chi connectivity index (χ3n) is 4.72. The summed E-state index contributed by atoms with van der Waals surface area (Å²) in [6.07, 6.45) is 4.28. The number of esters is 1. The molecule has 0 saturated carbocycles. The van der Waals surface area contributed by atoms with Gasteiger partial charge in [-0.05, 0) is 61.1 Å². The van der Waals surface area contributed by atoms with Gasteiger partial charge in [0.1, 0.15) is 0 Å². The molecule has 0 radical (unpaired) electrons. The van der Waals surface area contributed by atoms with Gasteiger partial charge in [0.05, 0.1) is 10.5 Å². The predicted octanol–water partition coefficient (Wildman–Crippen LogP) is 2.90. The van der Waals surface area contributed by atoms with Gasteiger partial charge >= 0.3 is 5.97 Å². The highest BCUT2D eigenvalue weighted by molar-refractivity contribution is 7.89. The second kappa shape index (κ2) is 8.67. The van der Waals surface area contributed by atoms with Gasteiger partial charge in [-0.25, -0.2) is 17.9 Å². The number of rotatable bonds is 7. The molecule has 6 nitrogen and oxygen atoms in total. The Morgan fingerprint density at radius 3 is 2.50 bits per heavy atom. The van der Waals surface area contributed by atoms with Gasteiger partial charge < -0.3 is 4.74 Å². The van der Waals surface area contributed by atoms with Gasteiger partial charge in [0.25, 0.3) is 0 Å². The van der Waals surface area contributed by atoms with E-state index in [0.29, 0.717) is 5.56 Å². The molecule has 0 aromatic heterocycles. The molecule has 7 heteroatoms. The number of carbonyl (C=O) groups excluding carboxylic acids is 2. The summed E-state index contributed by atoms with van der Waals surface area (Å²) in [5.74, 6) is -1.02. The molecule has 0 aliphatic heterocycles. The zero-order chi connectivity index (χ0) is 20.1. The summed E-state index contributed by atoms with van der Waals surface area (Å²) in [7, 11) is -3.67. The molecule has 0 bridgehead atoms. The molecule has 1 N–H and O–H groups in total. The van der Waals surface area contributed by atoms with E-state index >= 15 is 0 Å². The first-order chi connectivity index (χ1) is 13.4. The lowest BCUT2D eigenvalue weighted by atomic mass is 9.90. The molecule has 148 valence electrons. The van der Waals surface area contributed by atoms with Crippen molar-refractivity contribution in [2.45, 2.75) is 37.5 Å². The van der Waals surface area contributed by atoms with E-state index in [9.17, 15) is 18.0 Å². The standard InChI is InChI=1S/C21H23NO5S/c1-2-22-28(25,26)19-9-5-8-18(13-19)21(24)27-14-20(23)17-11-10-15-6-3-4-7-16(15)12-17/h5,8-13,22H,2-4,6-7,14H2,1H3. The second-order valence-electron chi connectivity index (χ2n) is 6.72. The number of hydrogen-bond donors (Lipinski definition) is 1. The van der Waals surface area contributed by atoms with Crippen LogP contribution in [0, 0.1) is 0 Å². The molecule has 2 aromatic rings. The smallest absolute Gasteiger partial charge is 0.338 e. The molecule has 0 amide bonds. The Labute approximate surface area is 165 Å². The Balaban J connectivity index is 1.66. The van der Waals surface area contributed by atoms with Crippen molar-refractivity contribution in [3.05, 3.63) is 64.7 Å². The number of benzene rings is 2. The van der Waals surface area contributed by atoms with Crippen LogP contribution in [0.3, 0.4) is 0 Å². The van der Waals surface area contributed by atoms with Gasteiger partial charge in [-0.2, -0.15) is 0 Å². The largest absolute Gasteiger partial charge is 0.454 e. The lowest BCUT2D eigenvalue weighted by Gasteiger charge is -2.16. The van der Waals surface area contributed by atoms with Gasteiger partial charge in [0.15, 0.2) is 12.4 Å². The van der Waals surface area contributed by atoms with E-state index in [1.165, 1.54) is 41.8 Å². The molecule has 0 unspecified atom stereocenters. The minimum atomic E-state index is -3.67. The van der Waals surface area contributed by atoms with E-state index in [1.54, 1.807) is 13.0 Å². The third-order valence-corrected chi connectivity index (χ3v) is 6.26. The number of Topliss-reactive ketones (excluding diaryl/α,β-unsaturated/α-hetero) is 1. The van der Waals surface area contributed by atoms with E-state index in [-0.39, 0.29) is 29.4 Å². The quantitative estimate of drug-likeness (QED) is 0.569. The minimum absolute atomic E-state index is 0.0233. The maximum atomic E-state index is 12.4. The fraction of sp³-hybridized carbons (Fsp3) is 0.333. The minimum Gasteiger partial charge on any atom is -0.454 e. The normalized spacial score (nSPS) is 13.6. The van der Waals surface area contributed by atoms with Gasteiger partial charge in [-0.15, -0.1) is 0 Å². The van der Waals surface area contributed by atoms with Crippen LogP contribution in [0.4, 0.5) is 0 Å². The zero-order valence-electron chi connectivity index (χ0n) is 15.7. The summed E-state index contributed by atoms with van der Waals surface area (Å²) in [4.78, 5) is 24.6. The predicted molar refractivity (Wildman–Crippen MR) is 105 cm³/mol. The molecule has 0 atom stereocenters. The van der Waals surface area contributed by atoms with Gasteiger partial charge in [-0.3, -0.25) is 4.79 Å². The van der Waals surface area contributed by atoms with Crippen LogP contribution in [0.25, 0.3) is 0 Å². The monoisotopic (exact) mass is 401 g/mol. The van der Waals surface area contributed by atoms with Crippen molar-refractivity contribution < 1.29 is 22.7 Å². The van der Waals surface area contributed by atoms with Crippen molar-refractivity contribution >= 4 is 21.8 Å². The van der Waals surface area contributed by atoms with Crippen LogP contribution in [-0.2, 0) is 27.6 Å². The average Bonchev–Trinajstić information content (AvgIpc) is 2.71. The van der Waals surface area contributed by atoms with Crippen LogP contribution in [0.15, 0.2) is 47.4 Å². The highest BCUT2D eigenvalue weighted by Crippen LogP contribution is 2.22. The van der Waals surface area contributed by atoms with Crippen molar-refractivity contribution in [2.24, 2.45) is 0 Å². The molecular weight excluding hydrogens is 378 g/mol. The van der Waals surface area contributed by atoms with E-state index in [4.69, 9.17) is 4.74 Å². The number of carbonyl (C=O) groups is 2. The molecule has 1 aliphatic rings. The van der Waals surface area contributed by atoms with Gasteiger partial charge in [0, 0.05) is 12.1 Å². The number of fused-ring (bicyclic) bond motifs is 1. The van der Waals surface area contributed by atoms with Crippen molar-refractivity contribution in [1.82, 2.24) is 4.72 Å². The van der Waals surface area contributed by atoms with E-state index in [1.807, 2.05) is 12.1 Å². The van der Waals surface area contributed by atoms with Crippen LogP contribution >= 0.6 is 0 Å². The van der Waals surface area contributed by atoms with E-state index in [2.05, 4.69) is 4.72 Å². The number of ketones is 1. The second-order valence-corrected chi connectivity index (χ2v) is 8.49. The summed E-state index contributed by atoms with van der Waals surface area (Å²) in [5, 5.41) is 0. The SMILES string of the molecule is CCNS(=O)(=O)c1cccc(C(=O)OCC(=O)c2ccc3c(c2)CCCC3)c1. The lowest BCUT2D eigenvalue weighted by molar-refractivity contribution is 0.0474. The summed E-state index contributed by atoms with van der Waals surface area (Å²) < 4.78 is 31.6. The third kappa shape index (κ3) is 4.66. The Bertz CT molecular complexity index is 998. The fourth-order valence-electron chi connectivity index (χ4n) is 3.27. The summed E-state index contributed by atoms with van der Waals surface area (Å²) in [6, 6.07) is 11.2. The topological polar surface area (TPSA) is 89.5 Å². The molecule has 0 spiro atoms. The average molecular weight is 401 g/mol. The zero-order valence-corrected chi connectivity index (χ0v) is 16.6. The molecule has 0 fully saturated rings. The first kappa shape index (κ1) is 20.2. The molecule has 2 aromatic carbocycles. The Morgan fingerprint density at radius 1 is 1.00 bits per heavy atom. The lowest BCUT2D eigenvalue weighted by Crippen LogP contribution is -2.23. The number of aryl methyl sites for hydroxylation is 2. The number of nitrogens with one attached hydrogen (secondary N) is 1. The Morgan fingerprint density at radius 2 is 1.75 bits per heavy atom. The summed E-state index contributed by atoms with van der Waals surface area (Å²) in [5.41, 5.74) is 3.07. The molecule has 3 rings (SSSR count). The van der Waals surface area contributed by atoms with Crippen molar-refractivity contribution in [3.63, 3.8) is 0 Å². The van der Waals surface area contributed by atoms with Crippen LogP contribution in [0.5, 0.6) is 0 Å². The van der Waals surface area contributed by atoms with Crippen molar-refractivity contribution in [3.8, 4) is 0 Å². The van der Waals surface area contributed by atoms with Gasteiger partial charge in [0.2, 0.25) is 10.0 Å². The fourth-order valence-corrected chi connectivity index (χ4v) is 4.35. The number of sulfonamides is 1. The highest BCUT2D eigenvalue weighted by Gasteiger charge is 2.18. The number of ether oxygens (including phenoxy) is 1. The Hall–Kier alpha value is -2.51. The molecule has 28 heavy (non-hydrogen) atoms. The van der Waals surface area contributed by atoms with Crippen LogP contribution in [0.1, 0.15) is 51.6 Å². The van der Waals surface area contributed by atoms with Crippen LogP contribution in [-0.4, -0.2) is 33.3 Å². The molecule has 1 aliphatic carbocycles. The molecule has 0 saturated heterocycles. The van der Waals surface area contributed by atoms with E-state index in [0.717, 1.165) is 19.3 Å². The van der Waals surface area contributed by atoms with Crippen molar-refractivity contribution in [1.29, 1.82) is 0 Å². The summed E-state index contributed by atoms with van der Waals surface area (Å²) in [6.45, 7) is 1.52. The van der Waals surface area contributed by atoms with Crippen LogP contribution < -0.4 is 4.72 Å². The van der Waals surface area contributed by atoms with Crippen molar-refractivity contribution in [2.75, 3.05) is 13.2 Å². The Kier molecular flexibility index (Phi) is 6.26.